The van der Waals surface area contributed by atoms with E-state index in [2.05, 4.69) is 22.6 Å². The summed E-state index contributed by atoms with van der Waals surface area (Å²) in [5.41, 5.74) is 0.649. The average Bonchev–Trinajstić information content (AvgIpc) is 2.39. The van der Waals surface area contributed by atoms with E-state index in [1.54, 1.807) is 12.1 Å². The molecule has 6 heteroatoms. The summed E-state index contributed by atoms with van der Waals surface area (Å²) in [6.45, 7) is 0. The Bertz CT molecular complexity index is 639. The number of alkyl halides is 3. The third kappa shape index (κ3) is 3.38. The number of halogens is 5. The Morgan fingerprint density at radius 2 is 1.45 bits per heavy atom. The molecule has 0 unspecified atom stereocenters. The van der Waals surface area contributed by atoms with Crippen LogP contribution in [0, 0.1) is 7.14 Å². The maximum absolute atomic E-state index is 12.8. The van der Waals surface area contributed by atoms with Gasteiger partial charge in [-0.25, -0.2) is 0 Å². The number of methoxy groups -OCH3 is 1. The van der Waals surface area contributed by atoms with Crippen molar-refractivity contribution in [1.29, 1.82) is 0 Å². The van der Waals surface area contributed by atoms with Gasteiger partial charge in [-0.05, 0) is 92.7 Å². The lowest BCUT2D eigenvalue weighted by Gasteiger charge is -2.13. The summed E-state index contributed by atoms with van der Waals surface area (Å²) < 4.78 is 45.3. The Labute approximate surface area is 141 Å². The second-order valence-electron chi connectivity index (χ2n) is 4.04. The topological polar surface area (TPSA) is 9.23 Å². The van der Waals surface area contributed by atoms with Crippen LogP contribution in [-0.4, -0.2) is 7.11 Å². The van der Waals surface area contributed by atoms with Gasteiger partial charge in [-0.3, -0.25) is 0 Å². The maximum Gasteiger partial charge on any atom is 0.416 e. The summed E-state index contributed by atoms with van der Waals surface area (Å²) in [7, 11) is 1.53. The zero-order valence-electron chi connectivity index (χ0n) is 10.3. The SMILES string of the molecule is COc1ccc(I)c(-c2cc(C(F)(F)F)ccc2I)c1. The van der Waals surface area contributed by atoms with Crippen molar-refractivity contribution < 1.29 is 17.9 Å². The van der Waals surface area contributed by atoms with Crippen LogP contribution in [0.5, 0.6) is 5.75 Å². The lowest BCUT2D eigenvalue weighted by atomic mass is 10.0. The molecule has 2 aromatic rings. The molecule has 0 aliphatic rings. The number of hydrogen-bond acceptors (Lipinski definition) is 1. The highest BCUT2D eigenvalue weighted by Crippen LogP contribution is 2.37. The maximum atomic E-state index is 12.8. The average molecular weight is 504 g/mol. The van der Waals surface area contributed by atoms with Crippen LogP contribution in [0.2, 0.25) is 0 Å². The molecule has 0 aliphatic heterocycles. The van der Waals surface area contributed by atoms with Gasteiger partial charge in [-0.1, -0.05) is 0 Å². The van der Waals surface area contributed by atoms with E-state index >= 15 is 0 Å². The molecule has 2 rings (SSSR count). The van der Waals surface area contributed by atoms with Crippen LogP contribution in [-0.2, 0) is 6.18 Å². The zero-order valence-corrected chi connectivity index (χ0v) is 14.6. The van der Waals surface area contributed by atoms with E-state index in [1.807, 2.05) is 28.7 Å². The van der Waals surface area contributed by atoms with Crippen LogP contribution in [0.1, 0.15) is 5.56 Å². The van der Waals surface area contributed by atoms with Gasteiger partial charge in [0.15, 0.2) is 0 Å². The molecule has 0 bridgehead atoms. The van der Waals surface area contributed by atoms with Crippen LogP contribution in [0.4, 0.5) is 13.2 Å². The lowest BCUT2D eigenvalue weighted by molar-refractivity contribution is -0.137. The van der Waals surface area contributed by atoms with E-state index in [0.717, 1.165) is 18.8 Å². The summed E-state index contributed by atoms with van der Waals surface area (Å²) in [6.07, 6.45) is -4.34. The highest BCUT2D eigenvalue weighted by Gasteiger charge is 2.31. The fourth-order valence-electron chi connectivity index (χ4n) is 1.75. The molecule has 106 valence electrons. The Balaban J connectivity index is 2.63. The van der Waals surface area contributed by atoms with Crippen molar-refractivity contribution in [2.75, 3.05) is 7.11 Å². The summed E-state index contributed by atoms with van der Waals surface area (Å²) in [4.78, 5) is 0. The molecule has 0 heterocycles. The molecular weight excluding hydrogens is 495 g/mol. The molecule has 0 amide bonds. The van der Waals surface area contributed by atoms with E-state index in [4.69, 9.17) is 4.74 Å². The highest BCUT2D eigenvalue weighted by atomic mass is 127. The molecule has 0 saturated heterocycles. The van der Waals surface area contributed by atoms with Crippen LogP contribution in [0.25, 0.3) is 11.1 Å². The quantitative estimate of drug-likeness (QED) is 0.485. The van der Waals surface area contributed by atoms with Crippen LogP contribution in [0.15, 0.2) is 36.4 Å². The van der Waals surface area contributed by atoms with Gasteiger partial charge >= 0.3 is 6.18 Å². The van der Waals surface area contributed by atoms with E-state index in [1.165, 1.54) is 19.2 Å². The summed E-state index contributed by atoms with van der Waals surface area (Å²) in [6, 6.07) is 9.11. The molecule has 0 atom stereocenters. The number of rotatable bonds is 2. The van der Waals surface area contributed by atoms with Gasteiger partial charge in [-0.15, -0.1) is 0 Å². The molecule has 0 aromatic heterocycles. The molecule has 0 fully saturated rings. The minimum Gasteiger partial charge on any atom is -0.497 e. The number of ether oxygens (including phenoxy) is 1. The monoisotopic (exact) mass is 504 g/mol. The van der Waals surface area contributed by atoms with E-state index in [-0.39, 0.29) is 0 Å². The Morgan fingerprint density at radius 3 is 2.00 bits per heavy atom. The summed E-state index contributed by atoms with van der Waals surface area (Å²) >= 11 is 4.14. The van der Waals surface area contributed by atoms with Gasteiger partial charge in [0.05, 0.1) is 12.7 Å². The fraction of sp³-hybridized carbons (Fsp3) is 0.143. The van der Waals surface area contributed by atoms with E-state index in [9.17, 15) is 13.2 Å². The Morgan fingerprint density at radius 1 is 0.900 bits per heavy atom. The number of hydrogen-bond donors (Lipinski definition) is 0. The third-order valence-electron chi connectivity index (χ3n) is 2.76. The van der Waals surface area contributed by atoms with Crippen LogP contribution < -0.4 is 4.74 Å². The normalized spacial score (nSPS) is 11.5. The predicted octanol–water partition coefficient (Wildman–Crippen LogP) is 5.59. The predicted molar refractivity (Wildman–Crippen MR) is 88.9 cm³/mol. The van der Waals surface area contributed by atoms with Gasteiger partial charge in [0.1, 0.15) is 5.75 Å². The minimum atomic E-state index is -4.34. The standard InChI is InChI=1S/C14H9F3I2O/c1-20-9-3-5-13(19)11(7-9)10-6-8(14(15,16)17)2-4-12(10)18/h2-7H,1H3. The van der Waals surface area contributed by atoms with Crippen molar-refractivity contribution in [3.05, 3.63) is 49.1 Å². The Hall–Kier alpha value is -0.510. The molecule has 0 spiro atoms. The summed E-state index contributed by atoms with van der Waals surface area (Å²) in [5.74, 6) is 0.619. The molecule has 0 aliphatic carbocycles. The van der Waals surface area contributed by atoms with Gasteiger partial charge in [0.25, 0.3) is 0 Å². The molecule has 0 radical (unpaired) electrons. The molecular formula is C14H9F3I2O. The third-order valence-corrected chi connectivity index (χ3v) is 4.64. The first kappa shape index (κ1) is 15.9. The van der Waals surface area contributed by atoms with E-state index in [0.29, 0.717) is 11.3 Å². The summed E-state index contributed by atoms with van der Waals surface area (Å²) in [5, 5.41) is 0. The van der Waals surface area contributed by atoms with Crippen molar-refractivity contribution in [1.82, 2.24) is 0 Å². The van der Waals surface area contributed by atoms with Crippen molar-refractivity contribution in [3.8, 4) is 16.9 Å². The molecule has 0 N–H and O–H groups in total. The van der Waals surface area contributed by atoms with E-state index < -0.39 is 11.7 Å². The minimum absolute atomic E-state index is 0.559. The second-order valence-corrected chi connectivity index (χ2v) is 6.36. The highest BCUT2D eigenvalue weighted by molar-refractivity contribution is 14.1. The smallest absolute Gasteiger partial charge is 0.416 e. The molecule has 20 heavy (non-hydrogen) atoms. The Kier molecular flexibility index (Phi) is 4.83. The van der Waals surface area contributed by atoms with Crippen molar-refractivity contribution in [2.24, 2.45) is 0 Å². The van der Waals surface area contributed by atoms with Gasteiger partial charge in [-0.2, -0.15) is 13.2 Å². The van der Waals surface area contributed by atoms with Crippen LogP contribution >= 0.6 is 45.2 Å². The molecule has 2 aromatic carbocycles. The largest absolute Gasteiger partial charge is 0.497 e. The van der Waals surface area contributed by atoms with Crippen LogP contribution in [0.3, 0.4) is 0 Å². The first-order valence-corrected chi connectivity index (χ1v) is 7.69. The zero-order chi connectivity index (χ0) is 14.9. The fourth-order valence-corrected chi connectivity index (χ4v) is 3.00. The molecule has 1 nitrogen and oxygen atoms in total. The van der Waals surface area contributed by atoms with Gasteiger partial charge < -0.3 is 4.74 Å². The molecule has 0 saturated carbocycles. The second kappa shape index (κ2) is 6.08. The first-order chi connectivity index (χ1) is 9.32. The lowest BCUT2D eigenvalue weighted by Crippen LogP contribution is -2.05. The first-order valence-electron chi connectivity index (χ1n) is 5.53. The number of benzene rings is 2. The van der Waals surface area contributed by atoms with Crippen molar-refractivity contribution in [2.45, 2.75) is 6.18 Å². The van der Waals surface area contributed by atoms with Crippen molar-refractivity contribution >= 4 is 45.2 Å². The van der Waals surface area contributed by atoms with Crippen molar-refractivity contribution in [3.63, 3.8) is 0 Å². The van der Waals surface area contributed by atoms with Gasteiger partial charge in [0, 0.05) is 7.14 Å². The van der Waals surface area contributed by atoms with Gasteiger partial charge in [0.2, 0.25) is 0 Å².